The van der Waals surface area contributed by atoms with E-state index in [0.717, 1.165) is 31.2 Å². The van der Waals surface area contributed by atoms with Crippen LogP contribution in [0.1, 0.15) is 52.9 Å². The Bertz CT molecular complexity index is 355. The zero-order chi connectivity index (χ0) is 15.5. The molecule has 2 rings (SSSR count). The van der Waals surface area contributed by atoms with Crippen LogP contribution in [0.4, 0.5) is 0 Å². The molecule has 1 N–H and O–H groups in total. The third-order valence-electron chi connectivity index (χ3n) is 5.14. The number of nitrogens with zero attached hydrogens (tertiary/aromatic N) is 1. The van der Waals surface area contributed by atoms with Crippen LogP contribution in [0.2, 0.25) is 0 Å². The van der Waals surface area contributed by atoms with Crippen molar-refractivity contribution in [3.63, 3.8) is 0 Å². The minimum atomic E-state index is -0.507. The first-order chi connectivity index (χ1) is 9.94. The second-order valence-corrected chi connectivity index (χ2v) is 7.44. The molecule has 0 aromatic heterocycles. The molecule has 122 valence electrons. The molecule has 1 aliphatic heterocycles. The number of hydrogen-bond donors (Lipinski definition) is 1. The number of nitrogens with one attached hydrogen (secondary N) is 1. The van der Waals surface area contributed by atoms with Gasteiger partial charge in [0.15, 0.2) is 0 Å². The minimum Gasteiger partial charge on any atom is -0.468 e. The zero-order valence-electron chi connectivity index (χ0n) is 14.2. The number of rotatable bonds is 8. The Labute approximate surface area is 129 Å². The van der Waals surface area contributed by atoms with Crippen molar-refractivity contribution in [1.29, 1.82) is 0 Å². The molecule has 0 bridgehead atoms. The fourth-order valence-electron chi connectivity index (χ4n) is 3.40. The molecule has 0 aromatic rings. The van der Waals surface area contributed by atoms with Crippen molar-refractivity contribution in [3.8, 4) is 0 Å². The van der Waals surface area contributed by atoms with Crippen molar-refractivity contribution >= 4 is 5.97 Å². The Morgan fingerprint density at radius 2 is 2.10 bits per heavy atom. The number of carbonyl (C=O) groups excluding carboxylic acids is 1. The van der Waals surface area contributed by atoms with Gasteiger partial charge in [-0.15, -0.1) is 0 Å². The average molecular weight is 296 g/mol. The first-order valence-electron chi connectivity index (χ1n) is 8.53. The van der Waals surface area contributed by atoms with E-state index < -0.39 is 5.54 Å². The smallest absolute Gasteiger partial charge is 0.325 e. The lowest BCUT2D eigenvalue weighted by Gasteiger charge is -2.29. The average Bonchev–Trinajstić information content (AvgIpc) is 3.11. The predicted octanol–water partition coefficient (Wildman–Crippen LogP) is 2.43. The van der Waals surface area contributed by atoms with Crippen LogP contribution in [-0.2, 0) is 9.53 Å². The summed E-state index contributed by atoms with van der Waals surface area (Å²) in [6, 6.07) is 0.520. The number of ether oxygens (including phenoxy) is 1. The van der Waals surface area contributed by atoms with E-state index in [4.69, 9.17) is 4.74 Å². The summed E-state index contributed by atoms with van der Waals surface area (Å²) in [5.74, 6) is 1.52. The molecule has 1 saturated heterocycles. The van der Waals surface area contributed by atoms with Gasteiger partial charge < -0.3 is 9.64 Å². The van der Waals surface area contributed by atoms with Crippen LogP contribution in [0.3, 0.4) is 0 Å². The van der Waals surface area contributed by atoms with E-state index in [0.29, 0.717) is 6.04 Å². The van der Waals surface area contributed by atoms with Crippen LogP contribution >= 0.6 is 0 Å². The molecule has 2 aliphatic rings. The molecule has 0 aromatic carbocycles. The van der Waals surface area contributed by atoms with Crippen LogP contribution < -0.4 is 5.32 Å². The summed E-state index contributed by atoms with van der Waals surface area (Å²) in [6.07, 6.45) is 5.62. The van der Waals surface area contributed by atoms with Gasteiger partial charge in [0.05, 0.1) is 7.11 Å². The second kappa shape index (κ2) is 7.10. The number of hydrogen-bond acceptors (Lipinski definition) is 4. The van der Waals surface area contributed by atoms with Gasteiger partial charge in [0, 0.05) is 12.6 Å². The Balaban J connectivity index is 1.75. The van der Waals surface area contributed by atoms with Crippen molar-refractivity contribution in [1.82, 2.24) is 10.2 Å². The summed E-state index contributed by atoms with van der Waals surface area (Å²) in [6.45, 7) is 10.2. The Kier molecular flexibility index (Phi) is 5.67. The maximum absolute atomic E-state index is 12.1. The molecule has 2 atom stereocenters. The van der Waals surface area contributed by atoms with Gasteiger partial charge in [0.2, 0.25) is 0 Å². The molecular weight excluding hydrogens is 264 g/mol. The summed E-state index contributed by atoms with van der Waals surface area (Å²) in [7, 11) is 1.49. The zero-order valence-corrected chi connectivity index (χ0v) is 14.2. The summed E-state index contributed by atoms with van der Waals surface area (Å²) in [5, 5.41) is 3.48. The van der Waals surface area contributed by atoms with Crippen molar-refractivity contribution < 1.29 is 9.53 Å². The normalized spacial score (nSPS) is 26.0. The van der Waals surface area contributed by atoms with Crippen molar-refractivity contribution in [2.75, 3.05) is 26.7 Å². The lowest BCUT2D eigenvalue weighted by molar-refractivity contribution is -0.148. The maximum atomic E-state index is 12.1. The molecule has 4 nitrogen and oxygen atoms in total. The standard InChI is InChI=1S/C17H32N2O2/c1-13(2)14-8-11-19(12-14)10-5-9-17(3,16(20)21-4)18-15-6-7-15/h13-15,18H,5-12H2,1-4H3. The molecule has 2 unspecified atom stereocenters. The molecule has 0 radical (unpaired) electrons. The molecule has 1 aliphatic carbocycles. The van der Waals surface area contributed by atoms with E-state index in [1.807, 2.05) is 6.92 Å². The lowest BCUT2D eigenvalue weighted by Crippen LogP contribution is -2.51. The summed E-state index contributed by atoms with van der Waals surface area (Å²) >= 11 is 0. The van der Waals surface area contributed by atoms with Gasteiger partial charge in [-0.3, -0.25) is 10.1 Å². The molecule has 0 spiro atoms. The van der Waals surface area contributed by atoms with Crippen LogP contribution in [0.15, 0.2) is 0 Å². The monoisotopic (exact) mass is 296 g/mol. The summed E-state index contributed by atoms with van der Waals surface area (Å²) in [5.41, 5.74) is -0.507. The van der Waals surface area contributed by atoms with E-state index in [2.05, 4.69) is 24.1 Å². The molecule has 4 heteroatoms. The highest BCUT2D eigenvalue weighted by Gasteiger charge is 2.39. The van der Waals surface area contributed by atoms with Crippen LogP contribution in [0.25, 0.3) is 0 Å². The topological polar surface area (TPSA) is 41.6 Å². The molecule has 2 fully saturated rings. The van der Waals surface area contributed by atoms with Gasteiger partial charge in [-0.25, -0.2) is 0 Å². The number of likely N-dealkylation sites (tertiary alicyclic amines) is 1. The van der Waals surface area contributed by atoms with Gasteiger partial charge in [-0.2, -0.15) is 0 Å². The molecular formula is C17H32N2O2. The number of esters is 1. The fraction of sp³-hybridized carbons (Fsp3) is 0.941. The summed E-state index contributed by atoms with van der Waals surface area (Å²) < 4.78 is 5.00. The van der Waals surface area contributed by atoms with Gasteiger partial charge in [-0.1, -0.05) is 13.8 Å². The quantitative estimate of drug-likeness (QED) is 0.699. The van der Waals surface area contributed by atoms with Crippen LogP contribution in [-0.4, -0.2) is 49.2 Å². The van der Waals surface area contributed by atoms with E-state index in [9.17, 15) is 4.79 Å². The Morgan fingerprint density at radius 3 is 2.62 bits per heavy atom. The van der Waals surface area contributed by atoms with Crippen LogP contribution in [0.5, 0.6) is 0 Å². The first kappa shape index (κ1) is 16.8. The van der Waals surface area contributed by atoms with Crippen molar-refractivity contribution in [3.05, 3.63) is 0 Å². The number of methoxy groups -OCH3 is 1. The minimum absolute atomic E-state index is 0.115. The van der Waals surface area contributed by atoms with Crippen molar-refractivity contribution in [2.24, 2.45) is 11.8 Å². The third-order valence-corrected chi connectivity index (χ3v) is 5.14. The van der Waals surface area contributed by atoms with E-state index >= 15 is 0 Å². The maximum Gasteiger partial charge on any atom is 0.325 e. The van der Waals surface area contributed by atoms with Gasteiger partial charge in [0.1, 0.15) is 5.54 Å². The molecule has 21 heavy (non-hydrogen) atoms. The van der Waals surface area contributed by atoms with Gasteiger partial charge >= 0.3 is 5.97 Å². The largest absolute Gasteiger partial charge is 0.468 e. The van der Waals surface area contributed by atoms with E-state index in [-0.39, 0.29) is 5.97 Å². The van der Waals surface area contributed by atoms with Gasteiger partial charge in [-0.05, 0) is 64.0 Å². The molecule has 1 heterocycles. The van der Waals surface area contributed by atoms with Gasteiger partial charge in [0.25, 0.3) is 0 Å². The highest BCUT2D eigenvalue weighted by atomic mass is 16.5. The number of carbonyl (C=O) groups is 1. The SMILES string of the molecule is COC(=O)C(C)(CCCN1CCC(C(C)C)C1)NC1CC1. The van der Waals surface area contributed by atoms with Crippen LogP contribution in [0, 0.1) is 11.8 Å². The Hall–Kier alpha value is -0.610. The first-order valence-corrected chi connectivity index (χ1v) is 8.53. The molecule has 0 amide bonds. The third kappa shape index (κ3) is 4.68. The van der Waals surface area contributed by atoms with Crippen molar-refractivity contribution in [2.45, 2.75) is 64.5 Å². The van der Waals surface area contributed by atoms with E-state index in [1.54, 1.807) is 0 Å². The lowest BCUT2D eigenvalue weighted by atomic mass is 9.95. The summed E-state index contributed by atoms with van der Waals surface area (Å²) in [4.78, 5) is 14.6. The molecule has 1 saturated carbocycles. The highest BCUT2D eigenvalue weighted by molar-refractivity contribution is 5.80. The van der Waals surface area contributed by atoms with E-state index in [1.165, 1.54) is 39.5 Å². The Morgan fingerprint density at radius 1 is 1.38 bits per heavy atom. The second-order valence-electron chi connectivity index (χ2n) is 7.44. The fourth-order valence-corrected chi connectivity index (χ4v) is 3.40. The predicted molar refractivity (Wildman–Crippen MR) is 85.2 cm³/mol. The highest BCUT2D eigenvalue weighted by Crippen LogP contribution is 2.27.